The monoisotopic (exact) mass is 426 g/mol. The number of nitrogens with zero attached hydrogens (tertiary/aromatic N) is 2. The molecule has 0 saturated heterocycles. The van der Waals surface area contributed by atoms with Crippen molar-refractivity contribution in [3.63, 3.8) is 0 Å². The standard InChI is InChI=1S/C25H26N6O/c1-15(26)17-10-12-20(21(13-17)32-3)30-25-29-14-18-9-11-19(27)22(24(18)31-25)23(28-2)16-7-5-4-6-8-16/h4-8,10,12-14,27-28H,1,9,11,26H2,2-3H3,(H,29,30,31)/b23-22+,27-19?. The number of hydrogen-bond acceptors (Lipinski definition) is 7. The lowest BCUT2D eigenvalue weighted by Crippen LogP contribution is -2.20. The molecular formula is C25H26N6O. The molecule has 0 fully saturated rings. The number of fused-ring (bicyclic) bond motifs is 1. The molecule has 1 heterocycles. The predicted molar refractivity (Wildman–Crippen MR) is 130 cm³/mol. The van der Waals surface area contributed by atoms with Gasteiger partial charge in [0.15, 0.2) is 0 Å². The third-order valence-electron chi connectivity index (χ3n) is 5.43. The molecular weight excluding hydrogens is 400 g/mol. The van der Waals surface area contributed by atoms with Gasteiger partial charge in [0.05, 0.1) is 24.2 Å². The first kappa shape index (κ1) is 21.1. The molecule has 0 bridgehead atoms. The molecule has 0 radical (unpaired) electrons. The fraction of sp³-hybridized carbons (Fsp3) is 0.160. The number of nitrogens with two attached hydrogens (primary N) is 1. The summed E-state index contributed by atoms with van der Waals surface area (Å²) in [7, 11) is 3.47. The van der Waals surface area contributed by atoms with Crippen molar-refractivity contribution in [3.8, 4) is 5.75 Å². The maximum absolute atomic E-state index is 8.66. The Morgan fingerprint density at radius 1 is 1.12 bits per heavy atom. The number of hydrogen-bond donors (Lipinski definition) is 4. The van der Waals surface area contributed by atoms with Crippen LogP contribution < -0.4 is 21.1 Å². The highest BCUT2D eigenvalue weighted by molar-refractivity contribution is 6.29. The van der Waals surface area contributed by atoms with Crippen LogP contribution in [-0.4, -0.2) is 29.8 Å². The van der Waals surface area contributed by atoms with Gasteiger partial charge in [-0.05, 0) is 36.1 Å². The second-order valence-corrected chi connectivity index (χ2v) is 7.48. The Kier molecular flexibility index (Phi) is 5.89. The van der Waals surface area contributed by atoms with Crippen molar-refractivity contribution < 1.29 is 4.74 Å². The maximum Gasteiger partial charge on any atom is 0.227 e. The molecule has 1 aliphatic rings. The lowest BCUT2D eigenvalue weighted by molar-refractivity contribution is 0.416. The quantitative estimate of drug-likeness (QED) is 0.470. The van der Waals surface area contributed by atoms with E-state index in [-0.39, 0.29) is 0 Å². The zero-order chi connectivity index (χ0) is 22.7. The Hall–Kier alpha value is -4.13. The van der Waals surface area contributed by atoms with E-state index < -0.39 is 0 Å². The Morgan fingerprint density at radius 2 is 1.91 bits per heavy atom. The summed E-state index contributed by atoms with van der Waals surface area (Å²) in [5.74, 6) is 1.04. The number of methoxy groups -OCH3 is 1. The van der Waals surface area contributed by atoms with Crippen molar-refractivity contribution in [2.45, 2.75) is 12.8 Å². The van der Waals surface area contributed by atoms with Crippen molar-refractivity contribution in [1.82, 2.24) is 15.3 Å². The topological polar surface area (TPSA) is 109 Å². The zero-order valence-electron chi connectivity index (χ0n) is 18.2. The number of nitrogens with one attached hydrogen (secondary N) is 3. The average molecular weight is 427 g/mol. The molecule has 3 aromatic rings. The van der Waals surface area contributed by atoms with E-state index in [1.165, 1.54) is 0 Å². The Balaban J connectivity index is 1.78. The summed E-state index contributed by atoms with van der Waals surface area (Å²) in [4.78, 5) is 9.31. The highest BCUT2D eigenvalue weighted by Gasteiger charge is 2.25. The van der Waals surface area contributed by atoms with E-state index in [9.17, 15) is 0 Å². The molecule has 0 saturated carbocycles. The number of aryl methyl sites for hydroxylation is 1. The largest absolute Gasteiger partial charge is 0.495 e. The SMILES string of the molecule is C=C(N)c1ccc(Nc2ncc3c(n2)/C(=C(/NC)c2ccccc2)C(=N)CC3)c(OC)c1. The Labute approximate surface area is 187 Å². The van der Waals surface area contributed by atoms with Crippen LogP contribution in [0.4, 0.5) is 11.6 Å². The minimum absolute atomic E-state index is 0.428. The number of allylic oxidation sites excluding steroid dienone is 1. The molecule has 5 N–H and O–H groups in total. The van der Waals surface area contributed by atoms with Crippen LogP contribution in [0, 0.1) is 5.41 Å². The molecule has 1 aliphatic carbocycles. The van der Waals surface area contributed by atoms with Crippen LogP contribution in [0.5, 0.6) is 5.75 Å². The summed E-state index contributed by atoms with van der Waals surface area (Å²) < 4.78 is 5.50. The van der Waals surface area contributed by atoms with E-state index >= 15 is 0 Å². The lowest BCUT2D eigenvalue weighted by atomic mass is 9.87. The van der Waals surface area contributed by atoms with Crippen molar-refractivity contribution >= 4 is 34.3 Å². The van der Waals surface area contributed by atoms with Crippen LogP contribution in [0.3, 0.4) is 0 Å². The molecule has 0 unspecified atom stereocenters. The number of rotatable bonds is 6. The van der Waals surface area contributed by atoms with E-state index in [0.717, 1.165) is 40.1 Å². The molecule has 0 amide bonds. The van der Waals surface area contributed by atoms with Crippen LogP contribution in [0.1, 0.15) is 28.8 Å². The number of anilines is 2. The van der Waals surface area contributed by atoms with Gasteiger partial charge >= 0.3 is 0 Å². The van der Waals surface area contributed by atoms with Crippen LogP contribution in [-0.2, 0) is 6.42 Å². The van der Waals surface area contributed by atoms with Crippen molar-refractivity contribution in [3.05, 3.63) is 83.7 Å². The summed E-state index contributed by atoms with van der Waals surface area (Å²) in [6.45, 7) is 3.77. The smallest absolute Gasteiger partial charge is 0.227 e. The molecule has 4 rings (SSSR count). The second kappa shape index (κ2) is 8.93. The highest BCUT2D eigenvalue weighted by Crippen LogP contribution is 2.34. The maximum atomic E-state index is 8.66. The first-order chi connectivity index (χ1) is 15.5. The predicted octanol–water partition coefficient (Wildman–Crippen LogP) is 4.21. The molecule has 0 spiro atoms. The average Bonchev–Trinajstić information content (AvgIpc) is 2.81. The van der Waals surface area contributed by atoms with Crippen molar-refractivity contribution in [1.29, 1.82) is 5.41 Å². The summed E-state index contributed by atoms with van der Waals surface area (Å²) in [6.07, 6.45) is 3.22. The molecule has 2 aromatic carbocycles. The van der Waals surface area contributed by atoms with Gasteiger partial charge in [-0.3, -0.25) is 0 Å². The molecule has 32 heavy (non-hydrogen) atoms. The van der Waals surface area contributed by atoms with Crippen LogP contribution in [0.15, 0.2) is 61.3 Å². The van der Waals surface area contributed by atoms with E-state index in [4.69, 9.17) is 20.9 Å². The van der Waals surface area contributed by atoms with Crippen LogP contribution in [0.2, 0.25) is 0 Å². The van der Waals surface area contributed by atoms with E-state index in [1.807, 2.05) is 61.8 Å². The van der Waals surface area contributed by atoms with Crippen molar-refractivity contribution in [2.24, 2.45) is 5.73 Å². The normalized spacial score (nSPS) is 14.4. The van der Waals surface area contributed by atoms with Gasteiger partial charge in [-0.25, -0.2) is 9.97 Å². The van der Waals surface area contributed by atoms with Gasteiger partial charge < -0.3 is 26.5 Å². The molecule has 162 valence electrons. The van der Waals surface area contributed by atoms with Crippen LogP contribution in [0.25, 0.3) is 17.0 Å². The minimum atomic E-state index is 0.428. The lowest BCUT2D eigenvalue weighted by Gasteiger charge is -2.23. The van der Waals surface area contributed by atoms with Gasteiger partial charge in [0.2, 0.25) is 5.95 Å². The van der Waals surface area contributed by atoms with Crippen molar-refractivity contribution in [2.75, 3.05) is 19.5 Å². The fourth-order valence-electron chi connectivity index (χ4n) is 3.80. The van der Waals surface area contributed by atoms with Gasteiger partial charge in [0.25, 0.3) is 0 Å². The van der Waals surface area contributed by atoms with Gasteiger partial charge in [0, 0.05) is 35.8 Å². The van der Waals surface area contributed by atoms with E-state index in [1.54, 1.807) is 7.11 Å². The van der Waals surface area contributed by atoms with Crippen LogP contribution >= 0.6 is 0 Å². The van der Waals surface area contributed by atoms with Gasteiger partial charge in [0.1, 0.15) is 5.75 Å². The third-order valence-corrected chi connectivity index (χ3v) is 5.43. The summed E-state index contributed by atoms with van der Waals surface area (Å²) in [6, 6.07) is 15.5. The number of ether oxygens (including phenoxy) is 1. The summed E-state index contributed by atoms with van der Waals surface area (Å²) in [5.41, 5.74) is 12.8. The molecule has 0 aliphatic heterocycles. The first-order valence-electron chi connectivity index (χ1n) is 10.3. The Morgan fingerprint density at radius 3 is 2.59 bits per heavy atom. The summed E-state index contributed by atoms with van der Waals surface area (Å²) >= 11 is 0. The molecule has 7 nitrogen and oxygen atoms in total. The van der Waals surface area contributed by atoms with Gasteiger partial charge in [-0.2, -0.15) is 0 Å². The molecule has 0 atom stereocenters. The van der Waals surface area contributed by atoms with E-state index in [2.05, 4.69) is 22.2 Å². The van der Waals surface area contributed by atoms with Gasteiger partial charge in [-0.1, -0.05) is 43.0 Å². The zero-order valence-corrected chi connectivity index (χ0v) is 18.2. The fourth-order valence-corrected chi connectivity index (χ4v) is 3.80. The second-order valence-electron chi connectivity index (χ2n) is 7.48. The van der Waals surface area contributed by atoms with Gasteiger partial charge in [-0.15, -0.1) is 0 Å². The molecule has 7 heteroatoms. The third kappa shape index (κ3) is 4.05. The Bertz CT molecular complexity index is 1220. The highest BCUT2D eigenvalue weighted by atomic mass is 16.5. The number of benzene rings is 2. The van der Waals surface area contributed by atoms with E-state index in [0.29, 0.717) is 35.2 Å². The first-order valence-corrected chi connectivity index (χ1v) is 10.3. The number of aromatic nitrogens is 2. The summed E-state index contributed by atoms with van der Waals surface area (Å²) in [5, 5.41) is 15.2. The molecule has 1 aromatic heterocycles. The minimum Gasteiger partial charge on any atom is -0.495 e.